The van der Waals surface area contributed by atoms with Crippen LogP contribution in [0.25, 0.3) is 10.9 Å². The number of H-pyrrole nitrogens is 1. The van der Waals surface area contributed by atoms with E-state index in [0.717, 1.165) is 18.4 Å². The van der Waals surface area contributed by atoms with E-state index < -0.39 is 10.0 Å². The van der Waals surface area contributed by atoms with Gasteiger partial charge in [0.2, 0.25) is 10.0 Å². The number of aromatic nitrogens is 2. The molecule has 1 saturated heterocycles. The minimum atomic E-state index is -3.51. The monoisotopic (exact) mass is 440 g/mol. The zero-order chi connectivity index (χ0) is 22.0. The number of fused-ring (bicyclic) bond motifs is 1. The van der Waals surface area contributed by atoms with Gasteiger partial charge in [0.05, 0.1) is 21.8 Å². The average molecular weight is 441 g/mol. The predicted octanol–water partition coefficient (Wildman–Crippen LogP) is 2.94. The Morgan fingerprint density at radius 2 is 1.71 bits per heavy atom. The van der Waals surface area contributed by atoms with Crippen LogP contribution in [0, 0.1) is 0 Å². The van der Waals surface area contributed by atoms with E-state index in [-0.39, 0.29) is 11.6 Å². The Bertz CT molecular complexity index is 1210. The minimum Gasteiger partial charge on any atom is -0.309 e. The summed E-state index contributed by atoms with van der Waals surface area (Å²) in [5, 5.41) is 0.569. The second kappa shape index (κ2) is 8.90. The van der Waals surface area contributed by atoms with Crippen molar-refractivity contribution in [2.24, 2.45) is 0 Å². The fourth-order valence-corrected chi connectivity index (χ4v) is 5.49. The van der Waals surface area contributed by atoms with Gasteiger partial charge in [0.25, 0.3) is 5.56 Å². The van der Waals surface area contributed by atoms with E-state index in [4.69, 9.17) is 0 Å². The quantitative estimate of drug-likeness (QED) is 0.637. The third-order valence-corrected chi connectivity index (χ3v) is 7.86. The normalized spacial score (nSPS) is 17.1. The molecule has 31 heavy (non-hydrogen) atoms. The molecule has 2 heterocycles. The number of piperazine rings is 1. The standard InChI is InChI=1S/C23H28N4O3S/c1-3-6-18-9-11-19(12-10-18)31(29,30)27-15-13-26(14-16-27)17(2)22-24-21-8-5-4-7-20(21)23(28)25-22/h4-5,7-12,17H,3,6,13-16H2,1-2H3,(H,24,25,28). The third kappa shape index (κ3) is 4.42. The molecule has 0 spiro atoms. The predicted molar refractivity (Wildman–Crippen MR) is 122 cm³/mol. The molecule has 164 valence electrons. The van der Waals surface area contributed by atoms with Crippen LogP contribution < -0.4 is 5.56 Å². The number of nitrogens with one attached hydrogen (secondary N) is 1. The van der Waals surface area contributed by atoms with Crippen molar-refractivity contribution in [3.8, 4) is 0 Å². The first-order valence-corrected chi connectivity index (χ1v) is 12.2. The van der Waals surface area contributed by atoms with E-state index in [1.807, 2.05) is 37.3 Å². The van der Waals surface area contributed by atoms with E-state index in [0.29, 0.717) is 47.8 Å². The van der Waals surface area contributed by atoms with Gasteiger partial charge < -0.3 is 4.98 Å². The van der Waals surface area contributed by atoms with Crippen molar-refractivity contribution < 1.29 is 8.42 Å². The maximum absolute atomic E-state index is 13.0. The minimum absolute atomic E-state index is 0.115. The summed E-state index contributed by atoms with van der Waals surface area (Å²) in [6.07, 6.45) is 1.98. The third-order valence-electron chi connectivity index (χ3n) is 5.95. The van der Waals surface area contributed by atoms with Gasteiger partial charge in [0, 0.05) is 26.2 Å². The molecule has 0 amide bonds. The number of aryl methyl sites for hydroxylation is 1. The maximum Gasteiger partial charge on any atom is 0.258 e. The topological polar surface area (TPSA) is 86.4 Å². The summed E-state index contributed by atoms with van der Waals surface area (Å²) >= 11 is 0. The SMILES string of the molecule is CCCc1ccc(S(=O)(=O)N2CCN(C(C)c3nc4ccccc4c(=O)[nH]3)CC2)cc1. The molecule has 4 rings (SSSR count). The molecule has 1 aliphatic heterocycles. The number of rotatable bonds is 6. The van der Waals surface area contributed by atoms with Crippen LogP contribution in [-0.4, -0.2) is 53.8 Å². The Labute approximate surface area is 182 Å². The molecule has 1 atom stereocenters. The Balaban J connectivity index is 1.46. The van der Waals surface area contributed by atoms with E-state index in [1.54, 1.807) is 22.5 Å². The Hall–Kier alpha value is -2.55. The number of sulfonamides is 1. The second-order valence-corrected chi connectivity index (χ2v) is 9.92. The number of nitrogens with zero attached hydrogens (tertiary/aromatic N) is 3. The zero-order valence-electron chi connectivity index (χ0n) is 17.9. The Morgan fingerprint density at radius 3 is 2.39 bits per heavy atom. The van der Waals surface area contributed by atoms with E-state index >= 15 is 0 Å². The van der Waals surface area contributed by atoms with Gasteiger partial charge in [-0.25, -0.2) is 13.4 Å². The van der Waals surface area contributed by atoms with E-state index in [9.17, 15) is 13.2 Å². The fraction of sp³-hybridized carbons (Fsp3) is 0.391. The molecule has 3 aromatic rings. The molecule has 1 fully saturated rings. The highest BCUT2D eigenvalue weighted by Crippen LogP contribution is 2.23. The molecule has 0 bridgehead atoms. The van der Waals surface area contributed by atoms with Crippen LogP contribution >= 0.6 is 0 Å². The molecular weight excluding hydrogens is 412 g/mol. The fourth-order valence-electron chi connectivity index (χ4n) is 4.07. The largest absolute Gasteiger partial charge is 0.309 e. The highest BCUT2D eigenvalue weighted by molar-refractivity contribution is 7.89. The maximum atomic E-state index is 13.0. The second-order valence-electron chi connectivity index (χ2n) is 7.98. The van der Waals surface area contributed by atoms with Crippen molar-refractivity contribution in [2.45, 2.75) is 37.6 Å². The summed E-state index contributed by atoms with van der Waals surface area (Å²) in [5.41, 5.74) is 1.66. The van der Waals surface area contributed by atoms with Crippen molar-refractivity contribution in [3.63, 3.8) is 0 Å². The molecule has 1 aliphatic rings. The van der Waals surface area contributed by atoms with Crippen LogP contribution in [0.1, 0.15) is 37.7 Å². The summed E-state index contributed by atoms with van der Waals surface area (Å²) in [6.45, 7) is 6.05. The van der Waals surface area contributed by atoms with E-state index in [1.165, 1.54) is 0 Å². The zero-order valence-corrected chi connectivity index (χ0v) is 18.7. The molecule has 1 aromatic heterocycles. The number of benzene rings is 2. The number of aromatic amines is 1. The summed E-state index contributed by atoms with van der Waals surface area (Å²) < 4.78 is 27.6. The Morgan fingerprint density at radius 1 is 1.03 bits per heavy atom. The first-order valence-electron chi connectivity index (χ1n) is 10.7. The lowest BCUT2D eigenvalue weighted by Crippen LogP contribution is -2.49. The molecule has 0 saturated carbocycles. The summed E-state index contributed by atoms with van der Waals surface area (Å²) in [4.78, 5) is 22.4. The number of para-hydroxylation sites is 1. The highest BCUT2D eigenvalue weighted by Gasteiger charge is 2.31. The van der Waals surface area contributed by atoms with Crippen LogP contribution in [0.4, 0.5) is 0 Å². The molecule has 8 heteroatoms. The summed E-state index contributed by atoms with van der Waals surface area (Å²) in [6, 6.07) is 14.4. The van der Waals surface area contributed by atoms with Crippen molar-refractivity contribution in [3.05, 3.63) is 70.3 Å². The van der Waals surface area contributed by atoms with Crippen LogP contribution in [0.3, 0.4) is 0 Å². The van der Waals surface area contributed by atoms with Crippen molar-refractivity contribution in [1.29, 1.82) is 0 Å². The van der Waals surface area contributed by atoms with Crippen LogP contribution in [-0.2, 0) is 16.4 Å². The number of hydrogen-bond acceptors (Lipinski definition) is 5. The number of hydrogen-bond donors (Lipinski definition) is 1. The highest BCUT2D eigenvalue weighted by atomic mass is 32.2. The van der Waals surface area contributed by atoms with Gasteiger partial charge in [-0.1, -0.05) is 37.6 Å². The van der Waals surface area contributed by atoms with Gasteiger partial charge in [-0.05, 0) is 43.2 Å². The molecule has 2 aromatic carbocycles. The molecule has 0 aliphatic carbocycles. The van der Waals surface area contributed by atoms with Gasteiger partial charge in [-0.15, -0.1) is 0 Å². The molecule has 1 N–H and O–H groups in total. The average Bonchev–Trinajstić information content (AvgIpc) is 2.79. The van der Waals surface area contributed by atoms with Gasteiger partial charge >= 0.3 is 0 Å². The molecule has 1 unspecified atom stereocenters. The summed E-state index contributed by atoms with van der Waals surface area (Å²) in [5.74, 6) is 0.603. The molecular formula is C23H28N4O3S. The lowest BCUT2D eigenvalue weighted by molar-refractivity contribution is 0.141. The van der Waals surface area contributed by atoms with Crippen molar-refractivity contribution in [1.82, 2.24) is 19.2 Å². The first-order chi connectivity index (χ1) is 14.9. The van der Waals surface area contributed by atoms with Gasteiger partial charge in [-0.2, -0.15) is 4.31 Å². The van der Waals surface area contributed by atoms with Crippen LogP contribution in [0.5, 0.6) is 0 Å². The smallest absolute Gasteiger partial charge is 0.258 e. The Kier molecular flexibility index (Phi) is 6.22. The first kappa shape index (κ1) is 21.7. The molecule has 7 nitrogen and oxygen atoms in total. The summed E-state index contributed by atoms with van der Waals surface area (Å²) in [7, 11) is -3.51. The van der Waals surface area contributed by atoms with Gasteiger partial charge in [-0.3, -0.25) is 9.69 Å². The van der Waals surface area contributed by atoms with Crippen molar-refractivity contribution >= 4 is 20.9 Å². The van der Waals surface area contributed by atoms with Crippen LogP contribution in [0.15, 0.2) is 58.2 Å². The van der Waals surface area contributed by atoms with Crippen LogP contribution in [0.2, 0.25) is 0 Å². The lowest BCUT2D eigenvalue weighted by atomic mass is 10.1. The van der Waals surface area contributed by atoms with E-state index in [2.05, 4.69) is 21.8 Å². The van der Waals surface area contributed by atoms with Gasteiger partial charge in [0.1, 0.15) is 5.82 Å². The lowest BCUT2D eigenvalue weighted by Gasteiger charge is -2.37. The van der Waals surface area contributed by atoms with Gasteiger partial charge in [0.15, 0.2) is 0 Å². The molecule has 0 radical (unpaired) electrons. The van der Waals surface area contributed by atoms with Crippen molar-refractivity contribution in [2.75, 3.05) is 26.2 Å².